The molecule has 0 aliphatic heterocycles. The van der Waals surface area contributed by atoms with Crippen LogP contribution in [-0.2, 0) is 30.0 Å². The monoisotopic (exact) mass is 442 g/mol. The molecule has 1 N–H and O–H groups in total. The van der Waals surface area contributed by atoms with Crippen molar-refractivity contribution < 1.29 is 37.0 Å². The molecule has 0 fully saturated rings. The number of amides is 1. The number of hydrogen-bond acceptors (Lipinski definition) is 7. The first kappa shape index (κ1) is 23.8. The van der Waals surface area contributed by atoms with E-state index in [1.807, 2.05) is 0 Å². The SMILES string of the molecule is CCOC(=O)CC(=O)NC(CC(=O)OCC)c1ccn(-c2ccnc(C(F)(F)F)c2)n1. The lowest BCUT2D eigenvalue weighted by atomic mass is 10.1. The van der Waals surface area contributed by atoms with Gasteiger partial charge in [-0.25, -0.2) is 4.68 Å². The van der Waals surface area contributed by atoms with E-state index in [-0.39, 0.29) is 31.0 Å². The van der Waals surface area contributed by atoms with Gasteiger partial charge in [-0.05, 0) is 32.0 Å². The zero-order chi connectivity index (χ0) is 23.0. The second kappa shape index (κ2) is 10.5. The lowest BCUT2D eigenvalue weighted by molar-refractivity contribution is -0.146. The fourth-order valence-electron chi connectivity index (χ4n) is 2.59. The first-order chi connectivity index (χ1) is 14.6. The second-order valence-corrected chi connectivity index (χ2v) is 6.19. The number of pyridine rings is 1. The van der Waals surface area contributed by atoms with Gasteiger partial charge in [0.25, 0.3) is 0 Å². The van der Waals surface area contributed by atoms with E-state index in [2.05, 4.69) is 15.4 Å². The lowest BCUT2D eigenvalue weighted by Crippen LogP contribution is -2.32. The van der Waals surface area contributed by atoms with Crippen LogP contribution in [0.1, 0.15) is 44.1 Å². The van der Waals surface area contributed by atoms with Crippen molar-refractivity contribution in [3.05, 3.63) is 42.0 Å². The largest absolute Gasteiger partial charge is 0.466 e. The summed E-state index contributed by atoms with van der Waals surface area (Å²) in [7, 11) is 0. The quantitative estimate of drug-likeness (QED) is 0.469. The smallest absolute Gasteiger partial charge is 0.433 e. The highest BCUT2D eigenvalue weighted by molar-refractivity contribution is 5.94. The van der Waals surface area contributed by atoms with E-state index in [1.165, 1.54) is 18.3 Å². The van der Waals surface area contributed by atoms with Crippen molar-refractivity contribution in [1.82, 2.24) is 20.1 Å². The molecule has 1 atom stereocenters. The predicted octanol–water partition coefficient (Wildman–Crippen LogP) is 2.35. The van der Waals surface area contributed by atoms with Crippen LogP contribution in [0.5, 0.6) is 0 Å². The highest BCUT2D eigenvalue weighted by Crippen LogP contribution is 2.28. The van der Waals surface area contributed by atoms with Crippen molar-refractivity contribution in [3.63, 3.8) is 0 Å². The molecule has 12 heteroatoms. The second-order valence-electron chi connectivity index (χ2n) is 6.19. The first-order valence-electron chi connectivity index (χ1n) is 9.33. The molecular formula is C19H21F3N4O5. The molecule has 2 aromatic heterocycles. The molecule has 2 heterocycles. The van der Waals surface area contributed by atoms with E-state index in [9.17, 15) is 27.6 Å². The molecule has 1 amide bonds. The zero-order valence-electron chi connectivity index (χ0n) is 16.8. The molecule has 0 aliphatic carbocycles. The van der Waals surface area contributed by atoms with Crippen LogP contribution in [0.3, 0.4) is 0 Å². The Labute approximate surface area is 175 Å². The van der Waals surface area contributed by atoms with Crippen LogP contribution in [0, 0.1) is 0 Å². The molecule has 2 rings (SSSR count). The Morgan fingerprint density at radius 2 is 1.81 bits per heavy atom. The number of halogens is 3. The Morgan fingerprint density at radius 1 is 1.13 bits per heavy atom. The van der Waals surface area contributed by atoms with Crippen molar-refractivity contribution in [2.45, 2.75) is 38.9 Å². The van der Waals surface area contributed by atoms with Gasteiger partial charge in [-0.2, -0.15) is 18.3 Å². The van der Waals surface area contributed by atoms with Gasteiger partial charge in [0.15, 0.2) is 0 Å². The Kier molecular flexibility index (Phi) is 8.11. The predicted molar refractivity (Wildman–Crippen MR) is 99.7 cm³/mol. The lowest BCUT2D eigenvalue weighted by Gasteiger charge is -2.16. The normalized spacial score (nSPS) is 12.2. The maximum absolute atomic E-state index is 12.9. The molecule has 0 radical (unpaired) electrons. The standard InChI is InChI=1S/C19H21F3N4O5/c1-3-30-17(28)10-14(24-16(27)11-18(29)31-4-2)13-6-8-26(25-13)12-5-7-23-15(9-12)19(20,21)22/h5-9,14H,3-4,10-11H2,1-2H3,(H,24,27). The summed E-state index contributed by atoms with van der Waals surface area (Å²) in [5.41, 5.74) is -0.815. The van der Waals surface area contributed by atoms with E-state index in [1.54, 1.807) is 13.8 Å². The van der Waals surface area contributed by atoms with Crippen LogP contribution in [0.4, 0.5) is 13.2 Å². The van der Waals surface area contributed by atoms with Gasteiger partial charge in [0.1, 0.15) is 12.1 Å². The third-order valence-corrected chi connectivity index (χ3v) is 3.89. The van der Waals surface area contributed by atoms with E-state index in [0.29, 0.717) is 0 Å². The number of aromatic nitrogens is 3. The molecular weight excluding hydrogens is 421 g/mol. The minimum atomic E-state index is -4.63. The Hall–Kier alpha value is -3.44. The van der Waals surface area contributed by atoms with Crippen molar-refractivity contribution in [3.8, 4) is 5.69 Å². The van der Waals surface area contributed by atoms with Crippen molar-refractivity contribution >= 4 is 17.8 Å². The number of alkyl halides is 3. The number of rotatable bonds is 9. The maximum Gasteiger partial charge on any atom is 0.433 e. The summed E-state index contributed by atoms with van der Waals surface area (Å²) in [6.45, 7) is 3.43. The molecule has 168 valence electrons. The van der Waals surface area contributed by atoms with Gasteiger partial charge in [0.2, 0.25) is 5.91 Å². The molecule has 0 spiro atoms. The highest BCUT2D eigenvalue weighted by Gasteiger charge is 2.32. The number of nitrogens with one attached hydrogen (secondary N) is 1. The number of nitrogens with zero attached hydrogens (tertiary/aromatic N) is 3. The summed E-state index contributed by atoms with van der Waals surface area (Å²) < 4.78 is 49.5. The van der Waals surface area contributed by atoms with Crippen molar-refractivity contribution in [2.75, 3.05) is 13.2 Å². The van der Waals surface area contributed by atoms with Gasteiger partial charge in [0, 0.05) is 12.4 Å². The molecule has 9 nitrogen and oxygen atoms in total. The number of carbonyl (C=O) groups excluding carboxylic acids is 3. The molecule has 0 aromatic carbocycles. The molecule has 0 saturated heterocycles. The third-order valence-electron chi connectivity index (χ3n) is 3.89. The number of carbonyl (C=O) groups is 3. The van der Waals surface area contributed by atoms with Crippen molar-refractivity contribution in [2.24, 2.45) is 0 Å². The van der Waals surface area contributed by atoms with Gasteiger partial charge >= 0.3 is 18.1 Å². The van der Waals surface area contributed by atoms with E-state index in [0.717, 1.165) is 16.9 Å². The minimum absolute atomic E-state index is 0.0845. The van der Waals surface area contributed by atoms with Gasteiger partial charge in [-0.1, -0.05) is 0 Å². The molecule has 1 unspecified atom stereocenters. The molecule has 0 bridgehead atoms. The summed E-state index contributed by atoms with van der Waals surface area (Å²) in [5.74, 6) is -2.07. The van der Waals surface area contributed by atoms with Crippen LogP contribution < -0.4 is 5.32 Å². The molecule has 0 aliphatic rings. The summed E-state index contributed by atoms with van der Waals surface area (Å²) in [6.07, 6.45) is -3.10. The third kappa shape index (κ3) is 7.08. The van der Waals surface area contributed by atoms with Crippen LogP contribution >= 0.6 is 0 Å². The fraction of sp³-hybridized carbons (Fsp3) is 0.421. The van der Waals surface area contributed by atoms with E-state index < -0.39 is 42.2 Å². The summed E-state index contributed by atoms with van der Waals surface area (Å²) in [5, 5.41) is 6.67. The zero-order valence-corrected chi connectivity index (χ0v) is 16.8. The summed E-state index contributed by atoms with van der Waals surface area (Å²) in [6, 6.07) is 2.61. The van der Waals surface area contributed by atoms with E-state index >= 15 is 0 Å². The number of hydrogen-bond donors (Lipinski definition) is 1. The fourth-order valence-corrected chi connectivity index (χ4v) is 2.59. The minimum Gasteiger partial charge on any atom is -0.466 e. The average molecular weight is 442 g/mol. The maximum atomic E-state index is 12.9. The molecule has 0 saturated carbocycles. The highest BCUT2D eigenvalue weighted by atomic mass is 19.4. The van der Waals surface area contributed by atoms with Gasteiger partial charge in [-0.15, -0.1) is 0 Å². The summed E-state index contributed by atoms with van der Waals surface area (Å²) >= 11 is 0. The molecule has 2 aromatic rings. The van der Waals surface area contributed by atoms with E-state index in [4.69, 9.17) is 9.47 Å². The summed E-state index contributed by atoms with van der Waals surface area (Å²) in [4.78, 5) is 38.9. The van der Waals surface area contributed by atoms with Gasteiger partial charge in [0.05, 0.1) is 37.1 Å². The van der Waals surface area contributed by atoms with Crippen LogP contribution in [0.15, 0.2) is 30.6 Å². The molecule has 31 heavy (non-hydrogen) atoms. The van der Waals surface area contributed by atoms with Crippen LogP contribution in [0.2, 0.25) is 0 Å². The first-order valence-corrected chi connectivity index (χ1v) is 9.33. The van der Waals surface area contributed by atoms with Gasteiger partial charge < -0.3 is 14.8 Å². The van der Waals surface area contributed by atoms with Crippen LogP contribution in [0.25, 0.3) is 5.69 Å². The number of ether oxygens (including phenoxy) is 2. The Bertz CT molecular complexity index is 929. The van der Waals surface area contributed by atoms with Crippen molar-refractivity contribution in [1.29, 1.82) is 0 Å². The Balaban J connectivity index is 2.24. The van der Waals surface area contributed by atoms with Gasteiger partial charge in [-0.3, -0.25) is 19.4 Å². The average Bonchev–Trinajstić information content (AvgIpc) is 3.17. The number of esters is 2. The Morgan fingerprint density at radius 3 is 2.45 bits per heavy atom. The topological polar surface area (TPSA) is 112 Å². The van der Waals surface area contributed by atoms with Crippen LogP contribution in [-0.4, -0.2) is 45.8 Å².